The number of fused-ring (bicyclic) bond motifs is 1. The molecule has 0 aromatic heterocycles. The van der Waals surface area contributed by atoms with Crippen LogP contribution in [0.1, 0.15) is 28.4 Å². The number of carbonyl (C=O) groups is 1. The van der Waals surface area contributed by atoms with Crippen LogP contribution in [-0.2, 0) is 6.42 Å². The van der Waals surface area contributed by atoms with Crippen molar-refractivity contribution in [1.29, 1.82) is 0 Å². The predicted octanol–water partition coefficient (Wildman–Crippen LogP) is 3.62. The SMILES string of the molecule is COc1cc2c(cc1C=CC(=O)c1ccc(O)cc1)OC(C)C2. The van der Waals surface area contributed by atoms with E-state index in [9.17, 15) is 9.90 Å². The number of aromatic hydroxyl groups is 1. The normalized spacial score (nSPS) is 16.2. The summed E-state index contributed by atoms with van der Waals surface area (Å²) < 4.78 is 11.2. The van der Waals surface area contributed by atoms with Gasteiger partial charge in [-0.3, -0.25) is 4.79 Å². The fourth-order valence-corrected chi connectivity index (χ4v) is 2.65. The Kier molecular flexibility index (Phi) is 4.06. The van der Waals surface area contributed by atoms with Crippen molar-refractivity contribution in [2.75, 3.05) is 7.11 Å². The lowest BCUT2D eigenvalue weighted by molar-refractivity contribution is 0.104. The van der Waals surface area contributed by atoms with Gasteiger partial charge in [0.25, 0.3) is 0 Å². The minimum atomic E-state index is -0.137. The molecule has 23 heavy (non-hydrogen) atoms. The van der Waals surface area contributed by atoms with Gasteiger partial charge in [-0.05, 0) is 55.5 Å². The summed E-state index contributed by atoms with van der Waals surface area (Å²) in [5, 5.41) is 9.27. The molecule has 1 aliphatic heterocycles. The molecule has 4 nitrogen and oxygen atoms in total. The lowest BCUT2D eigenvalue weighted by Gasteiger charge is -2.08. The van der Waals surface area contributed by atoms with Crippen molar-refractivity contribution in [3.63, 3.8) is 0 Å². The Morgan fingerprint density at radius 2 is 2.04 bits per heavy atom. The van der Waals surface area contributed by atoms with Gasteiger partial charge >= 0.3 is 0 Å². The van der Waals surface area contributed by atoms with E-state index in [1.54, 1.807) is 25.3 Å². The number of ketones is 1. The van der Waals surface area contributed by atoms with Gasteiger partial charge < -0.3 is 14.6 Å². The van der Waals surface area contributed by atoms with Crippen molar-refractivity contribution < 1.29 is 19.4 Å². The maximum absolute atomic E-state index is 12.2. The summed E-state index contributed by atoms with van der Waals surface area (Å²) >= 11 is 0. The summed E-state index contributed by atoms with van der Waals surface area (Å²) in [6.07, 6.45) is 4.24. The van der Waals surface area contributed by atoms with Gasteiger partial charge in [0.15, 0.2) is 5.78 Å². The van der Waals surface area contributed by atoms with E-state index in [4.69, 9.17) is 9.47 Å². The van der Waals surface area contributed by atoms with Gasteiger partial charge in [-0.1, -0.05) is 0 Å². The van der Waals surface area contributed by atoms with E-state index in [-0.39, 0.29) is 17.6 Å². The third-order valence-corrected chi connectivity index (χ3v) is 3.81. The fraction of sp³-hybridized carbons (Fsp3) is 0.211. The molecule has 1 atom stereocenters. The van der Waals surface area contributed by atoms with E-state index in [0.29, 0.717) is 5.56 Å². The summed E-state index contributed by atoms with van der Waals surface area (Å²) in [6.45, 7) is 2.02. The Morgan fingerprint density at radius 3 is 2.74 bits per heavy atom. The number of allylic oxidation sites excluding steroid dienone is 1. The number of benzene rings is 2. The van der Waals surface area contributed by atoms with Gasteiger partial charge in [0.2, 0.25) is 0 Å². The lowest BCUT2D eigenvalue weighted by Crippen LogP contribution is -2.05. The number of hydrogen-bond acceptors (Lipinski definition) is 4. The van der Waals surface area contributed by atoms with Gasteiger partial charge in [-0.15, -0.1) is 0 Å². The molecule has 0 spiro atoms. The topological polar surface area (TPSA) is 55.8 Å². The molecule has 1 N–H and O–H groups in total. The van der Waals surface area contributed by atoms with Crippen molar-refractivity contribution in [1.82, 2.24) is 0 Å². The molecular weight excluding hydrogens is 292 g/mol. The van der Waals surface area contributed by atoms with Crippen LogP contribution < -0.4 is 9.47 Å². The van der Waals surface area contributed by atoms with E-state index in [1.807, 2.05) is 19.1 Å². The molecule has 1 heterocycles. The summed E-state index contributed by atoms with van der Waals surface area (Å²) in [5.74, 6) is 1.56. The number of methoxy groups -OCH3 is 1. The molecule has 0 bridgehead atoms. The van der Waals surface area contributed by atoms with Crippen molar-refractivity contribution in [3.8, 4) is 17.2 Å². The molecule has 0 saturated heterocycles. The second kappa shape index (κ2) is 6.16. The molecule has 3 rings (SSSR count). The Balaban J connectivity index is 1.86. The minimum Gasteiger partial charge on any atom is -0.508 e. The molecule has 2 aromatic rings. The van der Waals surface area contributed by atoms with Gasteiger partial charge in [-0.25, -0.2) is 0 Å². The molecule has 2 aromatic carbocycles. The Morgan fingerprint density at radius 1 is 1.30 bits per heavy atom. The first kappa shape index (κ1) is 15.2. The van der Waals surface area contributed by atoms with Crippen molar-refractivity contribution in [2.45, 2.75) is 19.4 Å². The Labute approximate surface area is 135 Å². The van der Waals surface area contributed by atoms with Gasteiger partial charge in [0, 0.05) is 23.1 Å². The highest BCUT2D eigenvalue weighted by Crippen LogP contribution is 2.35. The number of carbonyl (C=O) groups excluding carboxylic acids is 1. The zero-order valence-electron chi connectivity index (χ0n) is 13.1. The average molecular weight is 310 g/mol. The monoisotopic (exact) mass is 310 g/mol. The third-order valence-electron chi connectivity index (χ3n) is 3.81. The zero-order valence-corrected chi connectivity index (χ0v) is 13.1. The average Bonchev–Trinajstić information content (AvgIpc) is 2.91. The molecule has 1 aliphatic rings. The zero-order chi connectivity index (χ0) is 16.4. The third kappa shape index (κ3) is 3.21. The fourth-order valence-electron chi connectivity index (χ4n) is 2.65. The van der Waals surface area contributed by atoms with E-state index >= 15 is 0 Å². The van der Waals surface area contributed by atoms with E-state index in [2.05, 4.69) is 0 Å². The van der Waals surface area contributed by atoms with Gasteiger partial charge in [-0.2, -0.15) is 0 Å². The standard InChI is InChI=1S/C19H18O4/c1-12-9-15-11-18(22-2)14(10-19(15)23-12)5-8-17(21)13-3-6-16(20)7-4-13/h3-8,10-12,20H,9H2,1-2H3. The summed E-state index contributed by atoms with van der Waals surface area (Å²) in [4.78, 5) is 12.2. The van der Waals surface area contributed by atoms with Crippen LogP contribution in [0, 0.1) is 0 Å². The van der Waals surface area contributed by atoms with E-state index in [1.165, 1.54) is 18.2 Å². The first-order chi connectivity index (χ1) is 11.1. The molecule has 0 saturated carbocycles. The molecule has 0 aliphatic carbocycles. The van der Waals surface area contributed by atoms with Gasteiger partial charge in [0.1, 0.15) is 23.4 Å². The maximum Gasteiger partial charge on any atom is 0.185 e. The number of ether oxygens (including phenoxy) is 2. The van der Waals surface area contributed by atoms with Crippen LogP contribution in [-0.4, -0.2) is 24.1 Å². The first-order valence-electron chi connectivity index (χ1n) is 7.46. The quantitative estimate of drug-likeness (QED) is 0.692. The lowest BCUT2D eigenvalue weighted by atomic mass is 10.0. The largest absolute Gasteiger partial charge is 0.508 e. The number of rotatable bonds is 4. The highest BCUT2D eigenvalue weighted by molar-refractivity contribution is 6.07. The molecule has 0 radical (unpaired) electrons. The van der Waals surface area contributed by atoms with Crippen molar-refractivity contribution in [3.05, 3.63) is 59.2 Å². The minimum absolute atomic E-state index is 0.136. The summed E-state index contributed by atoms with van der Waals surface area (Å²) in [6, 6.07) is 10.0. The van der Waals surface area contributed by atoms with Crippen LogP contribution in [0.3, 0.4) is 0 Å². The van der Waals surface area contributed by atoms with Crippen molar-refractivity contribution >= 4 is 11.9 Å². The predicted molar refractivity (Wildman–Crippen MR) is 88.3 cm³/mol. The summed E-state index contributed by atoms with van der Waals surface area (Å²) in [7, 11) is 1.61. The maximum atomic E-state index is 12.2. The van der Waals surface area contributed by atoms with Crippen LogP contribution in [0.25, 0.3) is 6.08 Å². The number of phenolic OH excluding ortho intramolecular Hbond substituents is 1. The second-order valence-electron chi connectivity index (χ2n) is 5.58. The molecule has 4 heteroatoms. The molecular formula is C19H18O4. The van der Waals surface area contributed by atoms with Crippen LogP contribution in [0.2, 0.25) is 0 Å². The first-order valence-corrected chi connectivity index (χ1v) is 7.46. The van der Waals surface area contributed by atoms with E-state index in [0.717, 1.165) is 29.0 Å². The Bertz CT molecular complexity index is 760. The molecule has 0 amide bonds. The molecule has 118 valence electrons. The summed E-state index contributed by atoms with van der Waals surface area (Å²) in [5.41, 5.74) is 2.44. The van der Waals surface area contributed by atoms with Gasteiger partial charge in [0.05, 0.1) is 7.11 Å². The van der Waals surface area contributed by atoms with Crippen molar-refractivity contribution in [2.24, 2.45) is 0 Å². The van der Waals surface area contributed by atoms with Crippen LogP contribution in [0.4, 0.5) is 0 Å². The van der Waals surface area contributed by atoms with Crippen LogP contribution >= 0.6 is 0 Å². The highest BCUT2D eigenvalue weighted by Gasteiger charge is 2.21. The highest BCUT2D eigenvalue weighted by atomic mass is 16.5. The Hall–Kier alpha value is -2.75. The van der Waals surface area contributed by atoms with Crippen LogP contribution in [0.15, 0.2) is 42.5 Å². The molecule has 0 fully saturated rings. The number of hydrogen-bond donors (Lipinski definition) is 1. The smallest absolute Gasteiger partial charge is 0.185 e. The van der Waals surface area contributed by atoms with Crippen LogP contribution in [0.5, 0.6) is 17.2 Å². The number of phenols is 1. The second-order valence-corrected chi connectivity index (χ2v) is 5.58. The molecule has 1 unspecified atom stereocenters. The van der Waals surface area contributed by atoms with E-state index < -0.39 is 0 Å².